The van der Waals surface area contributed by atoms with Gasteiger partial charge < -0.3 is 15.1 Å². The van der Waals surface area contributed by atoms with E-state index in [1.54, 1.807) is 11.8 Å². The van der Waals surface area contributed by atoms with Crippen LogP contribution in [0.15, 0.2) is 86.6 Å². The summed E-state index contributed by atoms with van der Waals surface area (Å²) in [5, 5.41) is 6.80. The molecule has 2 aromatic carbocycles. The van der Waals surface area contributed by atoms with E-state index in [0.29, 0.717) is 12.5 Å². The Hall–Kier alpha value is -3.10. The van der Waals surface area contributed by atoms with Crippen LogP contribution in [-0.2, 0) is 0 Å². The molecule has 164 valence electrons. The van der Waals surface area contributed by atoms with E-state index in [1.165, 1.54) is 11.1 Å². The lowest BCUT2D eigenvalue weighted by Crippen LogP contribution is -2.56. The van der Waals surface area contributed by atoms with Gasteiger partial charge in [-0.1, -0.05) is 60.3 Å². The van der Waals surface area contributed by atoms with Crippen molar-refractivity contribution in [3.63, 3.8) is 0 Å². The third-order valence-electron chi connectivity index (χ3n) is 5.61. The maximum atomic E-state index is 4.91. The Morgan fingerprint density at radius 2 is 1.66 bits per heavy atom. The maximum Gasteiger partial charge on any atom is 0.206 e. The van der Waals surface area contributed by atoms with Crippen LogP contribution in [-0.4, -0.2) is 72.8 Å². The molecule has 2 N–H and O–H groups in total. The summed E-state index contributed by atoms with van der Waals surface area (Å²) >= 11 is 1.64. The predicted molar refractivity (Wildman–Crippen MR) is 133 cm³/mol. The fraction of sp³-hybridized carbons (Fsp3) is 0.292. The van der Waals surface area contributed by atoms with Gasteiger partial charge in [-0.3, -0.25) is 10.3 Å². The molecule has 0 aliphatic carbocycles. The zero-order valence-corrected chi connectivity index (χ0v) is 18.9. The first-order valence-corrected chi connectivity index (χ1v) is 11.8. The van der Waals surface area contributed by atoms with Gasteiger partial charge in [0.05, 0.1) is 6.54 Å². The van der Waals surface area contributed by atoms with Gasteiger partial charge in [0.2, 0.25) is 11.9 Å². The Bertz CT molecular complexity index is 1050. The van der Waals surface area contributed by atoms with Crippen LogP contribution in [0.5, 0.6) is 0 Å². The summed E-state index contributed by atoms with van der Waals surface area (Å²) < 4.78 is 0. The number of piperazine rings is 1. The van der Waals surface area contributed by atoms with Crippen molar-refractivity contribution in [2.24, 2.45) is 15.0 Å². The molecule has 3 aliphatic heterocycles. The van der Waals surface area contributed by atoms with Gasteiger partial charge in [-0.05, 0) is 36.4 Å². The van der Waals surface area contributed by atoms with Crippen molar-refractivity contribution in [2.75, 3.05) is 39.8 Å². The normalized spacial score (nSPS) is 21.3. The van der Waals surface area contributed by atoms with Crippen LogP contribution < -0.4 is 10.6 Å². The van der Waals surface area contributed by atoms with E-state index in [2.05, 4.69) is 74.9 Å². The first-order chi connectivity index (χ1) is 15.7. The third-order valence-corrected chi connectivity index (χ3v) is 6.58. The first-order valence-electron chi connectivity index (χ1n) is 10.9. The number of rotatable bonds is 3. The fourth-order valence-electron chi connectivity index (χ4n) is 3.78. The number of aliphatic imine (C=N–C) groups is 3. The molecule has 5 rings (SSSR count). The molecule has 3 heterocycles. The van der Waals surface area contributed by atoms with E-state index in [-0.39, 0.29) is 5.50 Å². The number of guanidine groups is 2. The molecule has 0 bridgehead atoms. The Balaban J connectivity index is 1.33. The van der Waals surface area contributed by atoms with Crippen LogP contribution in [0.4, 0.5) is 0 Å². The van der Waals surface area contributed by atoms with E-state index in [9.17, 15) is 0 Å². The van der Waals surface area contributed by atoms with Crippen LogP contribution in [0.3, 0.4) is 0 Å². The molecule has 0 spiro atoms. The van der Waals surface area contributed by atoms with E-state index < -0.39 is 0 Å². The number of amidine groups is 1. The second kappa shape index (κ2) is 9.58. The topological polar surface area (TPSA) is 67.6 Å². The number of likely N-dealkylation sites (N-methyl/N-ethyl adjacent to an activating group) is 1. The predicted octanol–water partition coefficient (Wildman–Crippen LogP) is 2.71. The van der Waals surface area contributed by atoms with Gasteiger partial charge in [0.1, 0.15) is 5.84 Å². The molecular weight excluding hydrogens is 418 g/mol. The lowest BCUT2D eigenvalue weighted by atomic mass is 10.1. The number of thioether (sulfide) groups is 1. The summed E-state index contributed by atoms with van der Waals surface area (Å²) in [5.74, 6) is 2.37. The van der Waals surface area contributed by atoms with E-state index in [1.807, 2.05) is 24.3 Å². The van der Waals surface area contributed by atoms with Crippen molar-refractivity contribution >= 4 is 35.1 Å². The number of hydrogen-bond donors (Lipinski definition) is 2. The summed E-state index contributed by atoms with van der Waals surface area (Å²) in [5.41, 5.74) is 2.15. The minimum Gasteiger partial charge on any atom is -0.340 e. The van der Waals surface area contributed by atoms with E-state index in [0.717, 1.165) is 42.9 Å². The highest BCUT2D eigenvalue weighted by molar-refractivity contribution is 8.00. The number of nitrogens with zero attached hydrogens (tertiary/aromatic N) is 5. The second-order valence-electron chi connectivity index (χ2n) is 7.96. The molecule has 2 aromatic rings. The average Bonchev–Trinajstić information content (AvgIpc) is 3.29. The summed E-state index contributed by atoms with van der Waals surface area (Å²) in [6.45, 7) is 4.59. The van der Waals surface area contributed by atoms with Crippen LogP contribution in [0, 0.1) is 0 Å². The fourth-order valence-corrected chi connectivity index (χ4v) is 4.65. The minimum absolute atomic E-state index is 0.254. The Labute approximate surface area is 193 Å². The van der Waals surface area contributed by atoms with Crippen molar-refractivity contribution in [3.05, 3.63) is 72.3 Å². The quantitative estimate of drug-likeness (QED) is 0.761. The average molecular weight is 446 g/mol. The molecule has 0 radical (unpaired) electrons. The van der Waals surface area contributed by atoms with Crippen LogP contribution in [0.1, 0.15) is 5.56 Å². The van der Waals surface area contributed by atoms with Crippen LogP contribution >= 0.6 is 11.8 Å². The van der Waals surface area contributed by atoms with E-state index >= 15 is 0 Å². The highest BCUT2D eigenvalue weighted by Crippen LogP contribution is 2.26. The molecule has 8 heteroatoms. The Kier molecular flexibility index (Phi) is 6.22. The molecule has 1 unspecified atom stereocenters. The molecule has 1 atom stereocenters. The van der Waals surface area contributed by atoms with Crippen molar-refractivity contribution in [1.82, 2.24) is 20.4 Å². The number of nitrogens with one attached hydrogen (secondary N) is 2. The monoisotopic (exact) mass is 445 g/mol. The van der Waals surface area contributed by atoms with Gasteiger partial charge in [0, 0.05) is 31.1 Å². The minimum atomic E-state index is -0.254. The lowest BCUT2D eigenvalue weighted by Gasteiger charge is -2.36. The molecule has 32 heavy (non-hydrogen) atoms. The second-order valence-corrected chi connectivity index (χ2v) is 9.09. The SMILES string of the molecule is CN1CCN(C2=NC(Sc3ccccc3)N=C(NC3=NCC(c4ccccc4)=C3)N2)CC1. The third kappa shape index (κ3) is 5.03. The molecular formula is C24H27N7S. The number of benzene rings is 2. The standard InChI is InChI=1S/C24H27N7S/c1-30-12-14-31(15-13-30)23-27-22(28-24(29-23)32-20-10-6-3-7-11-20)26-21-16-19(17-25-21)18-8-4-2-5-9-18/h2-11,16,24H,12-15,17H2,1H3,(H2,25,26,27,28,29). The zero-order chi connectivity index (χ0) is 21.8. The smallest absolute Gasteiger partial charge is 0.206 e. The molecule has 1 fully saturated rings. The molecule has 1 saturated heterocycles. The van der Waals surface area contributed by atoms with Crippen LogP contribution in [0.25, 0.3) is 5.57 Å². The molecule has 0 saturated carbocycles. The van der Waals surface area contributed by atoms with Crippen molar-refractivity contribution in [1.29, 1.82) is 0 Å². The van der Waals surface area contributed by atoms with E-state index in [4.69, 9.17) is 9.98 Å². The number of hydrogen-bond acceptors (Lipinski definition) is 8. The molecule has 0 amide bonds. The van der Waals surface area contributed by atoms with Crippen molar-refractivity contribution in [2.45, 2.75) is 10.4 Å². The maximum absolute atomic E-state index is 4.91. The van der Waals surface area contributed by atoms with Crippen molar-refractivity contribution in [3.8, 4) is 0 Å². The van der Waals surface area contributed by atoms with Gasteiger partial charge in [-0.15, -0.1) is 0 Å². The lowest BCUT2D eigenvalue weighted by molar-refractivity contribution is 0.212. The summed E-state index contributed by atoms with van der Waals surface area (Å²) in [4.78, 5) is 20.2. The molecule has 3 aliphatic rings. The van der Waals surface area contributed by atoms with Gasteiger partial charge in [-0.2, -0.15) is 0 Å². The summed E-state index contributed by atoms with van der Waals surface area (Å²) in [6.07, 6.45) is 2.10. The summed E-state index contributed by atoms with van der Waals surface area (Å²) in [7, 11) is 2.16. The first kappa shape index (κ1) is 20.8. The zero-order valence-electron chi connectivity index (χ0n) is 18.1. The highest BCUT2D eigenvalue weighted by Gasteiger charge is 2.25. The Morgan fingerprint density at radius 1 is 0.938 bits per heavy atom. The van der Waals surface area contributed by atoms with Gasteiger partial charge in [-0.25, -0.2) is 9.98 Å². The van der Waals surface area contributed by atoms with Gasteiger partial charge >= 0.3 is 0 Å². The van der Waals surface area contributed by atoms with Gasteiger partial charge in [0.25, 0.3) is 0 Å². The largest absolute Gasteiger partial charge is 0.340 e. The van der Waals surface area contributed by atoms with Gasteiger partial charge in [0.15, 0.2) is 5.50 Å². The molecule has 0 aromatic heterocycles. The van der Waals surface area contributed by atoms with Crippen LogP contribution in [0.2, 0.25) is 0 Å². The van der Waals surface area contributed by atoms with Crippen molar-refractivity contribution < 1.29 is 0 Å². The highest BCUT2D eigenvalue weighted by atomic mass is 32.2. The summed E-state index contributed by atoms with van der Waals surface area (Å²) in [6, 6.07) is 20.7. The Morgan fingerprint density at radius 3 is 2.41 bits per heavy atom. The molecule has 7 nitrogen and oxygen atoms in total.